The van der Waals surface area contributed by atoms with Gasteiger partial charge < -0.3 is 14.4 Å². The number of thiocarbonyl (C=S) groups is 1. The van der Waals surface area contributed by atoms with Crippen molar-refractivity contribution in [1.82, 2.24) is 15.1 Å². The predicted octanol–water partition coefficient (Wildman–Crippen LogP) is 4.24. The molecule has 7 nitrogen and oxygen atoms in total. The van der Waals surface area contributed by atoms with Crippen LogP contribution in [-0.2, 0) is 4.74 Å². The highest BCUT2D eigenvalue weighted by Gasteiger charge is 2.38. The molecule has 1 aliphatic heterocycles. The van der Waals surface area contributed by atoms with Gasteiger partial charge in [-0.1, -0.05) is 18.4 Å². The fraction of sp³-hybridized carbons (Fsp3) is 0.619. The highest BCUT2D eigenvalue weighted by Crippen LogP contribution is 2.32. The molecule has 162 valence electrons. The number of carbonyl (C=O) groups is 1. The molecule has 30 heavy (non-hydrogen) atoms. The third kappa shape index (κ3) is 7.16. The lowest BCUT2D eigenvalue weighted by atomic mass is 10.2. The molecule has 2 amide bonds. The van der Waals surface area contributed by atoms with Gasteiger partial charge in [0.15, 0.2) is 11.3 Å². The molecule has 1 unspecified atom stereocenters. The number of terminal acetylenes is 1. The Hall–Kier alpha value is -2.36. The van der Waals surface area contributed by atoms with Crippen molar-refractivity contribution in [2.75, 3.05) is 24.6 Å². The van der Waals surface area contributed by atoms with Gasteiger partial charge >= 0.3 is 6.03 Å². The van der Waals surface area contributed by atoms with Crippen LogP contribution in [0.2, 0.25) is 0 Å². The summed E-state index contributed by atoms with van der Waals surface area (Å²) in [4.78, 5) is 16.5. The van der Waals surface area contributed by atoms with E-state index in [-0.39, 0.29) is 6.03 Å². The van der Waals surface area contributed by atoms with Gasteiger partial charge in [-0.3, -0.25) is 0 Å². The second-order valence-corrected chi connectivity index (χ2v) is 8.03. The number of amides is 2. The smallest absolute Gasteiger partial charge is 0.329 e. The Labute approximate surface area is 188 Å². The van der Waals surface area contributed by atoms with E-state index in [4.69, 9.17) is 28.1 Å². The second kappa shape index (κ2) is 13.0. The summed E-state index contributed by atoms with van der Waals surface area (Å²) in [5.74, 6) is 8.46. The van der Waals surface area contributed by atoms with Gasteiger partial charge in [-0.05, 0) is 43.3 Å². The van der Waals surface area contributed by atoms with E-state index in [2.05, 4.69) is 34.9 Å². The number of carbonyl (C=O) groups excluding carboxylic acids is 1. The Morgan fingerprint density at radius 2 is 2.20 bits per heavy atom. The molecule has 1 fully saturated rings. The van der Waals surface area contributed by atoms with Gasteiger partial charge in [0.1, 0.15) is 0 Å². The zero-order valence-electron chi connectivity index (χ0n) is 17.6. The fourth-order valence-corrected chi connectivity index (χ4v) is 3.79. The van der Waals surface area contributed by atoms with E-state index >= 15 is 0 Å². The van der Waals surface area contributed by atoms with E-state index < -0.39 is 6.23 Å². The number of aromatic nitrogens is 2. The zero-order valence-corrected chi connectivity index (χ0v) is 19.2. The van der Waals surface area contributed by atoms with E-state index in [1.54, 1.807) is 4.90 Å². The molecule has 0 spiro atoms. The summed E-state index contributed by atoms with van der Waals surface area (Å²) in [7, 11) is 0. The maximum absolute atomic E-state index is 13.2. The topological polar surface area (TPSA) is 67.8 Å². The van der Waals surface area contributed by atoms with Crippen LogP contribution in [0.5, 0.6) is 5.19 Å². The van der Waals surface area contributed by atoms with Crippen LogP contribution in [0, 0.1) is 24.2 Å². The Bertz CT molecular complexity index is 809. The maximum Gasteiger partial charge on any atom is 0.329 e. The van der Waals surface area contributed by atoms with Crippen LogP contribution in [0.3, 0.4) is 0 Å². The van der Waals surface area contributed by atoms with Crippen LogP contribution >= 0.6 is 23.6 Å². The number of ether oxygens (including phenoxy) is 2. The first-order valence-corrected chi connectivity index (χ1v) is 11.4. The highest BCUT2D eigenvalue weighted by atomic mass is 32.1. The van der Waals surface area contributed by atoms with Gasteiger partial charge in [0.25, 0.3) is 5.19 Å². The van der Waals surface area contributed by atoms with E-state index in [0.717, 1.165) is 25.7 Å². The van der Waals surface area contributed by atoms with Crippen LogP contribution in [0.1, 0.15) is 58.8 Å². The van der Waals surface area contributed by atoms with Crippen molar-refractivity contribution in [2.24, 2.45) is 0 Å². The number of hydrogen-bond acceptors (Lipinski definition) is 7. The molecular weight excluding hydrogens is 420 g/mol. The molecule has 2 heterocycles. The van der Waals surface area contributed by atoms with Crippen LogP contribution in [0.15, 0.2) is 0 Å². The van der Waals surface area contributed by atoms with Crippen molar-refractivity contribution in [3.8, 4) is 29.4 Å². The lowest BCUT2D eigenvalue weighted by molar-refractivity contribution is 0.117. The van der Waals surface area contributed by atoms with Crippen molar-refractivity contribution < 1.29 is 14.3 Å². The number of nitrogens with zero attached hydrogens (tertiary/aromatic N) is 4. The molecule has 0 aromatic carbocycles. The van der Waals surface area contributed by atoms with Crippen molar-refractivity contribution >= 4 is 39.8 Å². The van der Waals surface area contributed by atoms with Gasteiger partial charge in [-0.25, -0.2) is 9.69 Å². The first kappa shape index (κ1) is 23.9. The minimum Gasteiger partial charge on any atom is -0.469 e. The summed E-state index contributed by atoms with van der Waals surface area (Å²) >= 11 is 6.54. The molecule has 1 aromatic rings. The lowest BCUT2D eigenvalue weighted by Gasteiger charge is -2.39. The standard InChI is InChI=1S/C21H28N4O3S2/c1-4-7-10-11-14-24-15-13-17(28-18(29)12-8-5-2)25(21(24)26)19-22-23-20(30-19)27-16-9-6-3/h2,17H,6,8-16H2,1,3H3. The molecule has 1 saturated heterocycles. The molecule has 0 bridgehead atoms. The first-order valence-electron chi connectivity index (χ1n) is 10.2. The van der Waals surface area contributed by atoms with Crippen molar-refractivity contribution in [1.29, 1.82) is 0 Å². The Kier molecular flexibility index (Phi) is 10.4. The summed E-state index contributed by atoms with van der Waals surface area (Å²) < 4.78 is 11.6. The minimum absolute atomic E-state index is 0.174. The van der Waals surface area contributed by atoms with E-state index in [0.29, 0.717) is 54.3 Å². The predicted molar refractivity (Wildman–Crippen MR) is 123 cm³/mol. The summed E-state index contributed by atoms with van der Waals surface area (Å²) in [6, 6.07) is -0.174. The highest BCUT2D eigenvalue weighted by molar-refractivity contribution is 7.80. The molecule has 9 heteroatoms. The SMILES string of the molecule is C#CCCC(=S)OC1CCN(CCCC#CC)C(=O)N1c1nnc(OCCCC)s1. The average Bonchev–Trinajstić information content (AvgIpc) is 3.19. The molecule has 1 aliphatic rings. The minimum atomic E-state index is -0.536. The Morgan fingerprint density at radius 1 is 1.37 bits per heavy atom. The van der Waals surface area contributed by atoms with Crippen LogP contribution in [0.25, 0.3) is 0 Å². The third-order valence-corrected chi connectivity index (χ3v) is 5.52. The molecule has 1 aromatic heterocycles. The van der Waals surface area contributed by atoms with Crippen LogP contribution in [-0.4, -0.2) is 52.1 Å². The lowest BCUT2D eigenvalue weighted by Crippen LogP contribution is -2.56. The summed E-state index contributed by atoms with van der Waals surface area (Å²) in [5, 5.41) is 9.52. The van der Waals surface area contributed by atoms with Crippen LogP contribution in [0.4, 0.5) is 9.93 Å². The summed E-state index contributed by atoms with van der Waals surface area (Å²) in [6.07, 6.45) is 9.88. The Morgan fingerprint density at radius 3 is 2.93 bits per heavy atom. The molecule has 0 aliphatic carbocycles. The molecule has 0 N–H and O–H groups in total. The fourth-order valence-electron chi connectivity index (χ4n) is 2.82. The molecule has 0 radical (unpaired) electrons. The number of anilines is 1. The molecule has 2 rings (SSSR count). The quantitative estimate of drug-likeness (QED) is 0.287. The van der Waals surface area contributed by atoms with Crippen molar-refractivity contribution in [3.63, 3.8) is 0 Å². The Balaban J connectivity index is 2.13. The summed E-state index contributed by atoms with van der Waals surface area (Å²) in [5.41, 5.74) is 0. The number of unbranched alkanes of at least 4 members (excludes halogenated alkanes) is 2. The molecular formula is C21H28N4O3S2. The zero-order chi connectivity index (χ0) is 21.8. The monoisotopic (exact) mass is 448 g/mol. The third-order valence-electron chi connectivity index (χ3n) is 4.38. The van der Waals surface area contributed by atoms with Crippen molar-refractivity contribution in [2.45, 2.75) is 65.0 Å². The van der Waals surface area contributed by atoms with Crippen LogP contribution < -0.4 is 9.64 Å². The van der Waals surface area contributed by atoms with Gasteiger partial charge in [-0.15, -0.1) is 29.3 Å². The van der Waals surface area contributed by atoms with Gasteiger partial charge in [0, 0.05) is 38.8 Å². The molecule has 1 atom stereocenters. The number of hydrogen-bond donors (Lipinski definition) is 0. The number of urea groups is 1. The molecule has 0 saturated carbocycles. The summed E-state index contributed by atoms with van der Waals surface area (Å²) in [6.45, 7) is 5.67. The number of rotatable bonds is 11. The van der Waals surface area contributed by atoms with Gasteiger partial charge in [0.2, 0.25) is 5.13 Å². The van der Waals surface area contributed by atoms with Gasteiger partial charge in [0.05, 0.1) is 6.61 Å². The van der Waals surface area contributed by atoms with E-state index in [1.165, 1.54) is 16.2 Å². The maximum atomic E-state index is 13.2. The second-order valence-electron chi connectivity index (χ2n) is 6.66. The average molecular weight is 449 g/mol. The van der Waals surface area contributed by atoms with Crippen molar-refractivity contribution in [3.05, 3.63) is 0 Å². The van der Waals surface area contributed by atoms with Gasteiger partial charge in [-0.2, -0.15) is 0 Å². The first-order chi connectivity index (χ1) is 14.6. The largest absolute Gasteiger partial charge is 0.469 e. The normalized spacial score (nSPS) is 15.9. The van der Waals surface area contributed by atoms with E-state index in [1.807, 2.05) is 6.92 Å². The van der Waals surface area contributed by atoms with E-state index in [9.17, 15) is 4.79 Å².